The highest BCUT2D eigenvalue weighted by Crippen LogP contribution is 2.62. The van der Waals surface area contributed by atoms with Gasteiger partial charge in [0.2, 0.25) is 0 Å². The monoisotopic (exact) mass is 277 g/mol. The molecule has 20 heavy (non-hydrogen) atoms. The van der Waals surface area contributed by atoms with E-state index in [1.807, 2.05) is 0 Å². The Kier molecular flexibility index (Phi) is 3.58. The first kappa shape index (κ1) is 13.6. The lowest BCUT2D eigenvalue weighted by Gasteiger charge is -2.61. The molecule has 0 spiro atoms. The molecule has 1 aliphatic heterocycles. The van der Waals surface area contributed by atoms with E-state index in [0.29, 0.717) is 5.41 Å². The van der Waals surface area contributed by atoms with E-state index in [-0.39, 0.29) is 0 Å². The Morgan fingerprint density at radius 2 is 1.55 bits per heavy atom. The van der Waals surface area contributed by atoms with Crippen LogP contribution in [0.2, 0.25) is 0 Å². The molecule has 5 rings (SSSR count). The van der Waals surface area contributed by atoms with Crippen molar-refractivity contribution < 1.29 is 4.74 Å². The highest BCUT2D eigenvalue weighted by molar-refractivity contribution is 5.07. The fraction of sp³-hybridized carbons (Fsp3) is 1.00. The van der Waals surface area contributed by atoms with Crippen LogP contribution in [0.15, 0.2) is 0 Å². The average Bonchev–Trinajstić information content (AvgIpc) is 2.44. The van der Waals surface area contributed by atoms with Crippen molar-refractivity contribution in [1.29, 1.82) is 0 Å². The van der Waals surface area contributed by atoms with Gasteiger partial charge < -0.3 is 10.1 Å². The average molecular weight is 277 g/mol. The molecule has 1 saturated heterocycles. The Morgan fingerprint density at radius 3 is 2.05 bits per heavy atom. The fourth-order valence-electron chi connectivity index (χ4n) is 6.71. The highest BCUT2D eigenvalue weighted by Gasteiger charge is 2.55. The first-order chi connectivity index (χ1) is 9.79. The topological polar surface area (TPSA) is 21.3 Å². The third kappa shape index (κ3) is 2.23. The summed E-state index contributed by atoms with van der Waals surface area (Å²) in [5, 5.41) is 3.95. The molecular formula is C18H31NO. The molecule has 2 nitrogen and oxygen atoms in total. The van der Waals surface area contributed by atoms with Gasteiger partial charge in [-0.2, -0.15) is 0 Å². The van der Waals surface area contributed by atoms with Gasteiger partial charge in [0.05, 0.1) is 0 Å². The van der Waals surface area contributed by atoms with E-state index in [1.54, 1.807) is 19.3 Å². The van der Waals surface area contributed by atoms with Crippen molar-refractivity contribution in [3.8, 4) is 0 Å². The summed E-state index contributed by atoms with van der Waals surface area (Å²) < 4.78 is 5.62. The minimum absolute atomic E-state index is 0.659. The molecule has 114 valence electrons. The predicted molar refractivity (Wildman–Crippen MR) is 81.6 cm³/mol. The zero-order valence-electron chi connectivity index (χ0n) is 13.1. The number of hydrogen-bond donors (Lipinski definition) is 1. The zero-order chi connectivity index (χ0) is 13.6. The van der Waals surface area contributed by atoms with Gasteiger partial charge in [-0.15, -0.1) is 0 Å². The molecule has 1 heterocycles. The van der Waals surface area contributed by atoms with E-state index in [9.17, 15) is 0 Å². The van der Waals surface area contributed by atoms with Gasteiger partial charge in [-0.25, -0.2) is 0 Å². The van der Waals surface area contributed by atoms with Gasteiger partial charge in [0.25, 0.3) is 0 Å². The quantitative estimate of drug-likeness (QED) is 0.847. The van der Waals surface area contributed by atoms with Gasteiger partial charge in [0.1, 0.15) is 0 Å². The standard InChI is InChI=1S/C18H31NO/c1-2-19-17(16-3-5-20-6-4-16)18-10-13-7-14(11-18)9-15(8-13)12-18/h13-17,19H,2-12H2,1H3. The van der Waals surface area contributed by atoms with Crippen LogP contribution in [0.4, 0.5) is 0 Å². The van der Waals surface area contributed by atoms with Crippen LogP contribution in [0.1, 0.15) is 58.3 Å². The Hall–Kier alpha value is -0.0800. The maximum Gasteiger partial charge on any atom is 0.0469 e. The predicted octanol–water partition coefficient (Wildman–Crippen LogP) is 3.61. The molecule has 4 bridgehead atoms. The third-order valence-electron chi connectivity index (χ3n) is 6.91. The van der Waals surface area contributed by atoms with Crippen LogP contribution in [-0.4, -0.2) is 25.8 Å². The lowest BCUT2D eigenvalue weighted by Crippen LogP contribution is -2.59. The van der Waals surface area contributed by atoms with Crippen molar-refractivity contribution in [2.24, 2.45) is 29.1 Å². The second kappa shape index (κ2) is 5.28. The van der Waals surface area contributed by atoms with Crippen molar-refractivity contribution >= 4 is 0 Å². The Morgan fingerprint density at radius 1 is 1.00 bits per heavy atom. The summed E-state index contributed by atoms with van der Waals surface area (Å²) >= 11 is 0. The summed E-state index contributed by atoms with van der Waals surface area (Å²) in [5.74, 6) is 4.09. The third-order valence-corrected chi connectivity index (χ3v) is 6.91. The van der Waals surface area contributed by atoms with Crippen molar-refractivity contribution in [3.05, 3.63) is 0 Å². The van der Waals surface area contributed by atoms with Gasteiger partial charge in [-0.1, -0.05) is 6.92 Å². The molecule has 4 aliphatic carbocycles. The summed E-state index contributed by atoms with van der Waals surface area (Å²) in [7, 11) is 0. The van der Waals surface area contributed by atoms with Crippen LogP contribution in [0, 0.1) is 29.1 Å². The lowest BCUT2D eigenvalue weighted by molar-refractivity contribution is -0.0941. The molecule has 4 saturated carbocycles. The maximum absolute atomic E-state index is 5.62. The molecular weight excluding hydrogens is 246 g/mol. The normalized spacial score (nSPS) is 45.8. The Bertz CT molecular complexity index is 312. The van der Waals surface area contributed by atoms with E-state index in [0.717, 1.165) is 49.5 Å². The fourth-order valence-corrected chi connectivity index (χ4v) is 6.71. The van der Waals surface area contributed by atoms with Crippen molar-refractivity contribution in [2.45, 2.75) is 64.3 Å². The van der Waals surface area contributed by atoms with Crippen LogP contribution in [0.5, 0.6) is 0 Å². The SMILES string of the molecule is CCNC(C1CCOCC1)C12CC3CC(CC(C3)C1)C2. The molecule has 1 unspecified atom stereocenters. The van der Waals surface area contributed by atoms with Gasteiger partial charge in [-0.05, 0) is 87.0 Å². The highest BCUT2D eigenvalue weighted by atomic mass is 16.5. The molecule has 0 aromatic carbocycles. The van der Waals surface area contributed by atoms with E-state index in [2.05, 4.69) is 12.2 Å². The van der Waals surface area contributed by atoms with Crippen molar-refractivity contribution in [1.82, 2.24) is 5.32 Å². The van der Waals surface area contributed by atoms with Gasteiger partial charge >= 0.3 is 0 Å². The number of rotatable bonds is 4. The second-order valence-corrected chi connectivity index (χ2v) is 8.27. The first-order valence-corrected chi connectivity index (χ1v) is 9.10. The molecule has 5 aliphatic rings. The van der Waals surface area contributed by atoms with Crippen LogP contribution < -0.4 is 5.32 Å². The van der Waals surface area contributed by atoms with Gasteiger partial charge in [0.15, 0.2) is 0 Å². The van der Waals surface area contributed by atoms with Gasteiger partial charge in [-0.3, -0.25) is 0 Å². The van der Waals surface area contributed by atoms with Crippen molar-refractivity contribution in [2.75, 3.05) is 19.8 Å². The Labute approximate surface area is 124 Å². The van der Waals surface area contributed by atoms with E-state index in [4.69, 9.17) is 4.74 Å². The minimum atomic E-state index is 0.659. The van der Waals surface area contributed by atoms with E-state index < -0.39 is 0 Å². The van der Waals surface area contributed by atoms with Crippen LogP contribution in [-0.2, 0) is 4.74 Å². The summed E-state index contributed by atoms with van der Waals surface area (Å²) in [6.45, 7) is 5.44. The maximum atomic E-state index is 5.62. The van der Waals surface area contributed by atoms with Crippen molar-refractivity contribution in [3.63, 3.8) is 0 Å². The summed E-state index contributed by atoms with van der Waals surface area (Å²) in [6, 6.07) is 0.782. The molecule has 0 aromatic rings. The first-order valence-electron chi connectivity index (χ1n) is 9.10. The van der Waals surface area contributed by atoms with Crippen LogP contribution in [0.25, 0.3) is 0 Å². The zero-order valence-corrected chi connectivity index (χ0v) is 13.1. The number of nitrogens with one attached hydrogen (secondary N) is 1. The smallest absolute Gasteiger partial charge is 0.0469 e. The summed E-state index contributed by atoms with van der Waals surface area (Å²) in [5.41, 5.74) is 0.659. The molecule has 0 radical (unpaired) electrons. The van der Waals surface area contributed by atoms with E-state index >= 15 is 0 Å². The van der Waals surface area contributed by atoms with Crippen LogP contribution in [0.3, 0.4) is 0 Å². The molecule has 2 heteroatoms. The second-order valence-electron chi connectivity index (χ2n) is 8.27. The molecule has 0 aromatic heterocycles. The minimum Gasteiger partial charge on any atom is -0.381 e. The molecule has 1 N–H and O–H groups in total. The van der Waals surface area contributed by atoms with Gasteiger partial charge in [0, 0.05) is 19.3 Å². The summed E-state index contributed by atoms with van der Waals surface area (Å²) in [4.78, 5) is 0. The number of ether oxygens (including phenoxy) is 1. The van der Waals surface area contributed by atoms with Crippen LogP contribution >= 0.6 is 0 Å². The molecule has 5 fully saturated rings. The lowest BCUT2D eigenvalue weighted by atomic mass is 9.46. The molecule has 1 atom stereocenters. The largest absolute Gasteiger partial charge is 0.381 e. The van der Waals surface area contributed by atoms with E-state index in [1.165, 1.54) is 32.1 Å². The Balaban J connectivity index is 1.58. The molecule has 0 amide bonds. The summed E-state index contributed by atoms with van der Waals surface area (Å²) in [6.07, 6.45) is 11.9. The number of hydrogen-bond acceptors (Lipinski definition) is 2.